The van der Waals surface area contributed by atoms with Crippen molar-refractivity contribution in [2.75, 3.05) is 0 Å². The first-order valence-electron chi connectivity index (χ1n) is 4.70. The van der Waals surface area contributed by atoms with Crippen LogP contribution < -0.4 is 5.73 Å². The zero-order chi connectivity index (χ0) is 10.5. The van der Waals surface area contributed by atoms with Crippen LogP contribution >= 0.6 is 0 Å². The molecular weight excluding hydrogens is 176 g/mol. The highest BCUT2D eigenvalue weighted by molar-refractivity contribution is 5.37. The van der Waals surface area contributed by atoms with Crippen LogP contribution in [0.5, 0.6) is 0 Å². The topological polar surface area (TPSA) is 48.2 Å². The molecule has 0 unspecified atom stereocenters. The van der Waals surface area contributed by atoms with Crippen LogP contribution in [-0.2, 0) is 12.6 Å². The van der Waals surface area contributed by atoms with Crippen molar-refractivity contribution in [1.82, 2.24) is 14.0 Å². The van der Waals surface area contributed by atoms with Crippen LogP contribution in [0.4, 0.5) is 0 Å². The highest BCUT2D eigenvalue weighted by atomic mass is 15.2. The number of hydrogen-bond donors (Lipinski definition) is 1. The molecule has 4 heteroatoms. The van der Waals surface area contributed by atoms with Gasteiger partial charge in [0.15, 0.2) is 0 Å². The fourth-order valence-electron chi connectivity index (χ4n) is 1.76. The van der Waals surface area contributed by atoms with Gasteiger partial charge in [-0.1, -0.05) is 0 Å². The minimum Gasteiger partial charge on any atom is -0.321 e. The van der Waals surface area contributed by atoms with Gasteiger partial charge in [0.25, 0.3) is 0 Å². The lowest BCUT2D eigenvalue weighted by atomic mass is 10.0. The Kier molecular flexibility index (Phi) is 1.72. The SMILES string of the molecule is Cc1cnc2n(C)c(C(C)(C)N)cn12. The summed E-state index contributed by atoms with van der Waals surface area (Å²) >= 11 is 0. The second-order valence-electron chi connectivity index (χ2n) is 4.36. The summed E-state index contributed by atoms with van der Waals surface area (Å²) in [6, 6.07) is 0. The molecular formula is C10H16N4. The third kappa shape index (κ3) is 1.14. The molecule has 14 heavy (non-hydrogen) atoms. The second-order valence-corrected chi connectivity index (χ2v) is 4.36. The minimum absolute atomic E-state index is 0.331. The Morgan fingerprint density at radius 2 is 2.07 bits per heavy atom. The number of aryl methyl sites for hydroxylation is 2. The number of nitrogens with two attached hydrogens (primary N) is 1. The number of nitrogens with zero attached hydrogens (tertiary/aromatic N) is 3. The van der Waals surface area contributed by atoms with Crippen molar-refractivity contribution in [2.45, 2.75) is 26.3 Å². The molecule has 2 rings (SSSR count). The summed E-state index contributed by atoms with van der Waals surface area (Å²) in [5.74, 6) is 0.941. The quantitative estimate of drug-likeness (QED) is 0.737. The predicted octanol–water partition coefficient (Wildman–Crippen LogP) is 1.18. The predicted molar refractivity (Wildman–Crippen MR) is 56.1 cm³/mol. The molecule has 0 aromatic carbocycles. The van der Waals surface area contributed by atoms with E-state index < -0.39 is 0 Å². The van der Waals surface area contributed by atoms with Crippen LogP contribution in [0.3, 0.4) is 0 Å². The fraction of sp³-hybridized carbons (Fsp3) is 0.500. The van der Waals surface area contributed by atoms with Crippen LogP contribution in [0.2, 0.25) is 0 Å². The van der Waals surface area contributed by atoms with Crippen molar-refractivity contribution in [2.24, 2.45) is 12.8 Å². The molecule has 76 valence electrons. The van der Waals surface area contributed by atoms with Crippen LogP contribution in [0.25, 0.3) is 5.78 Å². The molecule has 0 atom stereocenters. The molecule has 4 nitrogen and oxygen atoms in total. The summed E-state index contributed by atoms with van der Waals surface area (Å²) in [4.78, 5) is 4.32. The summed E-state index contributed by atoms with van der Waals surface area (Å²) in [5, 5.41) is 0. The van der Waals surface area contributed by atoms with Gasteiger partial charge in [-0.25, -0.2) is 4.98 Å². The van der Waals surface area contributed by atoms with E-state index in [9.17, 15) is 0 Å². The van der Waals surface area contributed by atoms with Crippen LogP contribution in [0.15, 0.2) is 12.4 Å². The van der Waals surface area contributed by atoms with Gasteiger partial charge in [0.2, 0.25) is 5.78 Å². The van der Waals surface area contributed by atoms with Crippen molar-refractivity contribution in [3.05, 3.63) is 23.8 Å². The molecule has 2 aromatic rings. The van der Waals surface area contributed by atoms with E-state index in [2.05, 4.69) is 15.6 Å². The van der Waals surface area contributed by atoms with Gasteiger partial charge < -0.3 is 10.3 Å². The third-order valence-corrected chi connectivity index (χ3v) is 2.54. The molecule has 0 aliphatic heterocycles. The Bertz CT molecular complexity index is 470. The summed E-state index contributed by atoms with van der Waals surface area (Å²) in [7, 11) is 1.99. The van der Waals surface area contributed by atoms with Gasteiger partial charge in [0.1, 0.15) is 0 Å². The zero-order valence-corrected chi connectivity index (χ0v) is 9.07. The van der Waals surface area contributed by atoms with E-state index in [0.29, 0.717) is 0 Å². The Morgan fingerprint density at radius 1 is 1.43 bits per heavy atom. The molecule has 0 aliphatic carbocycles. The Morgan fingerprint density at radius 3 is 2.57 bits per heavy atom. The molecule has 0 spiro atoms. The summed E-state index contributed by atoms with van der Waals surface area (Å²) in [6.45, 7) is 6.03. The van der Waals surface area contributed by atoms with Gasteiger partial charge in [0.05, 0.1) is 17.4 Å². The van der Waals surface area contributed by atoms with Crippen molar-refractivity contribution < 1.29 is 0 Å². The molecule has 0 fully saturated rings. The maximum absolute atomic E-state index is 6.07. The molecule has 2 heterocycles. The van der Waals surface area contributed by atoms with E-state index in [0.717, 1.165) is 17.2 Å². The summed E-state index contributed by atoms with van der Waals surface area (Å²) in [6.07, 6.45) is 3.92. The average Bonchev–Trinajstić information content (AvgIpc) is 2.54. The van der Waals surface area contributed by atoms with Crippen molar-refractivity contribution in [1.29, 1.82) is 0 Å². The van der Waals surface area contributed by atoms with E-state index in [1.165, 1.54) is 0 Å². The van der Waals surface area contributed by atoms with E-state index in [4.69, 9.17) is 5.73 Å². The monoisotopic (exact) mass is 192 g/mol. The number of fused-ring (bicyclic) bond motifs is 1. The minimum atomic E-state index is -0.331. The van der Waals surface area contributed by atoms with Crippen molar-refractivity contribution in [3.8, 4) is 0 Å². The molecule has 0 bridgehead atoms. The second kappa shape index (κ2) is 2.60. The zero-order valence-electron chi connectivity index (χ0n) is 9.07. The van der Waals surface area contributed by atoms with Crippen LogP contribution in [-0.4, -0.2) is 14.0 Å². The van der Waals surface area contributed by atoms with Crippen LogP contribution in [0, 0.1) is 6.92 Å². The smallest absolute Gasteiger partial charge is 0.214 e. The van der Waals surface area contributed by atoms with E-state index in [-0.39, 0.29) is 5.54 Å². The molecule has 2 N–H and O–H groups in total. The first kappa shape index (κ1) is 9.27. The molecule has 2 aromatic heterocycles. The molecule has 0 saturated carbocycles. The van der Waals surface area contributed by atoms with Crippen molar-refractivity contribution in [3.63, 3.8) is 0 Å². The van der Waals surface area contributed by atoms with Gasteiger partial charge in [0, 0.05) is 18.9 Å². The lowest BCUT2D eigenvalue weighted by Crippen LogP contribution is -2.31. The normalized spacial score (nSPS) is 12.6. The van der Waals surface area contributed by atoms with E-state index >= 15 is 0 Å². The Labute approximate surface area is 83.4 Å². The largest absolute Gasteiger partial charge is 0.321 e. The molecule has 0 amide bonds. The van der Waals surface area contributed by atoms with E-state index in [1.807, 2.05) is 38.6 Å². The Balaban J connectivity index is 2.75. The standard InChI is InChI=1S/C10H16N4/c1-7-5-12-9-13(4)8(6-14(7)9)10(2,3)11/h5-6H,11H2,1-4H3. The fourth-order valence-corrected chi connectivity index (χ4v) is 1.76. The van der Waals surface area contributed by atoms with E-state index in [1.54, 1.807) is 0 Å². The molecule has 0 aliphatic rings. The van der Waals surface area contributed by atoms with Gasteiger partial charge in [-0.2, -0.15) is 0 Å². The molecule has 0 radical (unpaired) electrons. The maximum Gasteiger partial charge on any atom is 0.214 e. The van der Waals surface area contributed by atoms with Gasteiger partial charge in [-0.3, -0.25) is 4.40 Å². The number of aromatic nitrogens is 3. The van der Waals surface area contributed by atoms with Crippen LogP contribution in [0.1, 0.15) is 25.2 Å². The lowest BCUT2D eigenvalue weighted by Gasteiger charge is -2.18. The lowest BCUT2D eigenvalue weighted by molar-refractivity contribution is 0.515. The van der Waals surface area contributed by atoms with Gasteiger partial charge in [-0.05, 0) is 20.8 Å². The van der Waals surface area contributed by atoms with Gasteiger partial charge in [-0.15, -0.1) is 0 Å². The molecule has 0 saturated heterocycles. The maximum atomic E-state index is 6.07. The van der Waals surface area contributed by atoms with Gasteiger partial charge >= 0.3 is 0 Å². The first-order valence-corrected chi connectivity index (χ1v) is 4.70. The van der Waals surface area contributed by atoms with Crippen molar-refractivity contribution >= 4 is 5.78 Å². The third-order valence-electron chi connectivity index (χ3n) is 2.54. The highest BCUT2D eigenvalue weighted by Crippen LogP contribution is 2.20. The number of rotatable bonds is 1. The Hall–Kier alpha value is -1.29. The number of imidazole rings is 2. The highest BCUT2D eigenvalue weighted by Gasteiger charge is 2.20. The summed E-state index contributed by atoms with van der Waals surface area (Å²) < 4.78 is 4.09. The number of hydrogen-bond acceptors (Lipinski definition) is 2. The summed E-state index contributed by atoms with van der Waals surface area (Å²) in [5.41, 5.74) is 7.95. The average molecular weight is 192 g/mol. The first-order chi connectivity index (χ1) is 6.41.